The summed E-state index contributed by atoms with van der Waals surface area (Å²) >= 11 is 0. The molecule has 594 valence electrons. The number of hydrogen-bond donors (Lipinski definition) is 0. The van der Waals surface area contributed by atoms with Crippen LogP contribution in [0.25, 0.3) is 317 Å². The third-order valence-corrected chi connectivity index (χ3v) is 28.6. The first-order valence-corrected chi connectivity index (χ1v) is 43.9. The van der Waals surface area contributed by atoms with E-state index in [9.17, 15) is 0 Å². The maximum Gasteiger partial charge on any atom is 0.145 e. The zero-order valence-corrected chi connectivity index (χ0v) is 68.3. The molecule has 0 saturated heterocycles. The Morgan fingerprint density at radius 3 is 0.829 bits per heavy atom. The maximum atomic E-state index is 6.51. The van der Waals surface area contributed by atoms with Gasteiger partial charge in [-0.1, -0.05) is 224 Å². The van der Waals surface area contributed by atoms with Gasteiger partial charge in [0.25, 0.3) is 0 Å². The van der Waals surface area contributed by atoms with E-state index >= 15 is 0 Å². The molecule has 11 heteroatoms. The summed E-state index contributed by atoms with van der Waals surface area (Å²) in [4.78, 5) is 0. The minimum Gasteiger partial charge on any atom is -0.456 e. The molecule has 0 bridgehead atoms. The van der Waals surface area contributed by atoms with E-state index < -0.39 is 0 Å². The summed E-state index contributed by atoms with van der Waals surface area (Å²) in [5.41, 5.74) is 27.6. The fraction of sp³-hybridized carbons (Fsp3) is 0. The Bertz CT molecular complexity index is 11200. The quantitative estimate of drug-likeness (QED) is 0.149. The summed E-state index contributed by atoms with van der Waals surface area (Å²) in [7, 11) is 0. The van der Waals surface area contributed by atoms with Crippen LogP contribution in [-0.2, 0) is 0 Å². The van der Waals surface area contributed by atoms with Crippen molar-refractivity contribution in [3.8, 4) is 0 Å². The van der Waals surface area contributed by atoms with Crippen molar-refractivity contribution in [2.24, 2.45) is 0 Å². The van der Waals surface area contributed by atoms with Crippen LogP contribution in [0.2, 0.25) is 0 Å². The van der Waals surface area contributed by atoms with Gasteiger partial charge in [-0.05, 0) is 126 Å². The Hall–Kier alpha value is -17.5. The molecule has 0 saturated carbocycles. The van der Waals surface area contributed by atoms with E-state index in [0.717, 1.165) is 132 Å². The monoisotopic (exact) mass is 1640 g/mol. The lowest BCUT2D eigenvalue weighted by atomic mass is 10.00. The minimum absolute atomic E-state index is 0.912. The molecule has 11 nitrogen and oxygen atoms in total. The summed E-state index contributed by atoms with van der Waals surface area (Å²) in [5.74, 6) is 0. The van der Waals surface area contributed by atoms with Gasteiger partial charge in [-0.25, -0.2) is 0 Å². The predicted molar refractivity (Wildman–Crippen MR) is 533 cm³/mol. The molecule has 15 aromatic heterocycles. The summed E-state index contributed by atoms with van der Waals surface area (Å²) < 4.78 is 53.9. The third kappa shape index (κ3) is 8.52. The Morgan fingerprint density at radius 2 is 0.388 bits per heavy atom. The lowest BCUT2D eigenvalue weighted by Crippen LogP contribution is -1.79. The van der Waals surface area contributed by atoms with E-state index in [1.54, 1.807) is 0 Å². The molecule has 0 atom stereocenters. The van der Waals surface area contributed by atoms with E-state index in [1.807, 2.05) is 66.7 Å². The van der Waals surface area contributed by atoms with Crippen LogP contribution in [0, 0.1) is 0 Å². The van der Waals surface area contributed by atoms with Gasteiger partial charge in [-0.2, -0.15) is 0 Å². The molecule has 0 aliphatic heterocycles. The molecule has 0 unspecified atom stereocenters. The normalized spacial score (nSPS) is 12.8. The third-order valence-electron chi connectivity index (χ3n) is 28.6. The van der Waals surface area contributed by atoms with Gasteiger partial charge < -0.3 is 48.5 Å². The molecule has 0 radical (unpaired) electrons. The molecule has 129 heavy (non-hydrogen) atoms. The Kier molecular flexibility index (Phi) is 12.4. The molecular weight excluding hydrogens is 1590 g/mol. The number of nitrogens with zero attached hydrogens (tertiary/aromatic N) is 4. The van der Waals surface area contributed by atoms with Gasteiger partial charge in [0, 0.05) is 180 Å². The largest absolute Gasteiger partial charge is 0.456 e. The van der Waals surface area contributed by atoms with Crippen LogP contribution < -0.4 is 0 Å². The van der Waals surface area contributed by atoms with Gasteiger partial charge in [-0.3, -0.25) is 0 Å². The number of fused-ring (bicyclic) bond motifs is 50. The van der Waals surface area contributed by atoms with E-state index in [4.69, 9.17) is 30.9 Å². The van der Waals surface area contributed by atoms with Crippen LogP contribution in [0.5, 0.6) is 0 Å². The summed E-state index contributed by atoms with van der Waals surface area (Å²) in [6, 6.07) is 129. The van der Waals surface area contributed by atoms with Crippen LogP contribution >= 0.6 is 0 Å². The second-order valence-corrected chi connectivity index (χ2v) is 35.0. The highest BCUT2D eigenvalue weighted by Crippen LogP contribution is 2.54. The van der Waals surface area contributed by atoms with E-state index in [-0.39, 0.29) is 0 Å². The number of furan rings is 7. The lowest BCUT2D eigenvalue weighted by molar-refractivity contribution is 0.669. The topological polar surface area (TPSA) is 110 Å². The molecule has 0 amide bonds. The van der Waals surface area contributed by atoms with Crippen LogP contribution in [0.4, 0.5) is 0 Å². The molecule has 20 aromatic carbocycles. The van der Waals surface area contributed by atoms with Crippen LogP contribution in [0.1, 0.15) is 0 Å². The van der Waals surface area contributed by atoms with Crippen LogP contribution in [-0.4, -0.2) is 17.6 Å². The van der Waals surface area contributed by atoms with Gasteiger partial charge in [0.2, 0.25) is 0 Å². The van der Waals surface area contributed by atoms with Gasteiger partial charge in [0.15, 0.2) is 0 Å². The molecule has 0 aliphatic carbocycles. The highest BCUT2D eigenvalue weighted by Gasteiger charge is 2.30. The van der Waals surface area contributed by atoms with Crippen molar-refractivity contribution >= 4 is 317 Å². The van der Waals surface area contributed by atoms with E-state index in [1.165, 1.54) is 185 Å². The Labute approximate surface area is 724 Å². The number of aromatic nitrogens is 4. The zero-order chi connectivity index (χ0) is 83.2. The Balaban J connectivity index is 0.0000000802. The second kappa shape index (κ2) is 23.9. The summed E-state index contributed by atoms with van der Waals surface area (Å²) in [6.07, 6.45) is 0. The number of rotatable bonds is 0. The van der Waals surface area contributed by atoms with Crippen molar-refractivity contribution in [1.29, 1.82) is 0 Å². The fourth-order valence-corrected chi connectivity index (χ4v) is 23.4. The molecular formula is C118H60N4O7. The van der Waals surface area contributed by atoms with E-state index in [0.29, 0.717) is 0 Å². The standard InChI is InChI=1S/3C30H15NO2.C28H15NO/c1-4-10-22-17(8-1)29-28-18-9-3-6-12-25(18)33-27(28)14-21-19-13-20-16-7-2-5-11-24(16)32-26(20)15-23(19)31(22)30(21)29;1-4-10-23-16(7-1)20-14-21-18-9-3-6-12-26(18)33-30(21)28-22-13-19-17-8-2-5-11-25(17)32-27(19)15-24(22)31(23)29(20)28;1-4-10-22-16(7-1)20-14-27-28(18-9-3-6-12-25(18)33-27)29-21-13-19-17-8-2-5-11-24(17)32-26(19)15-23(21)31(22)30(20)29;1-2-8-17-16(7-1)13-22-20-14-21-18-9-4-6-12-25(18)30-26(21)15-24(20)29-23-11-5-3-10-19(23)27(17)28(22)29/h3*1-15H;1-15H. The van der Waals surface area contributed by atoms with Crippen molar-refractivity contribution < 1.29 is 30.9 Å². The highest BCUT2D eigenvalue weighted by atomic mass is 16.4. The Morgan fingerprint density at radius 1 is 0.124 bits per heavy atom. The smallest absolute Gasteiger partial charge is 0.145 e. The zero-order valence-electron chi connectivity index (χ0n) is 68.3. The molecule has 35 rings (SSSR count). The number of para-hydroxylation sites is 11. The van der Waals surface area contributed by atoms with Crippen molar-refractivity contribution in [2.45, 2.75) is 0 Å². The first-order valence-electron chi connectivity index (χ1n) is 43.9. The van der Waals surface area contributed by atoms with Crippen molar-refractivity contribution in [1.82, 2.24) is 17.6 Å². The molecule has 0 aliphatic rings. The molecule has 15 heterocycles. The van der Waals surface area contributed by atoms with Crippen LogP contribution in [0.15, 0.2) is 395 Å². The maximum absolute atomic E-state index is 6.51. The first kappa shape index (κ1) is 67.0. The molecule has 0 N–H and O–H groups in total. The SMILES string of the molecule is c1ccc2c(c1)cc1c3cc4c(cc3n3c5ccccc5c2c13)oc1ccccc14.c1ccc2c(c1)oc1cc3c(cc12)c1c2c(cc4c5ccccc5n3c41)oc1ccccc12.c1ccc2c(c1)oc1cc3c(cc12)c1c2oc4ccccc4c2cc2c4ccccc4n3c21.c1ccc2c(c1)oc1cc3c(cc12)c1cc2oc4ccccc4c2c2c4ccccc4n3c12. The van der Waals surface area contributed by atoms with Gasteiger partial charge in [0.1, 0.15) is 78.2 Å². The van der Waals surface area contributed by atoms with Crippen LogP contribution in [0.3, 0.4) is 0 Å². The van der Waals surface area contributed by atoms with Crippen molar-refractivity contribution in [3.05, 3.63) is 364 Å². The van der Waals surface area contributed by atoms with Gasteiger partial charge in [0.05, 0.1) is 71.6 Å². The summed E-state index contributed by atoms with van der Waals surface area (Å²) in [5, 5.41) is 38.9. The van der Waals surface area contributed by atoms with E-state index in [2.05, 4.69) is 315 Å². The first-order chi connectivity index (χ1) is 64.0. The summed E-state index contributed by atoms with van der Waals surface area (Å²) in [6.45, 7) is 0. The second-order valence-electron chi connectivity index (χ2n) is 35.0. The van der Waals surface area contributed by atoms with Crippen molar-refractivity contribution in [2.75, 3.05) is 0 Å². The fourth-order valence-electron chi connectivity index (χ4n) is 23.4. The van der Waals surface area contributed by atoms with Gasteiger partial charge in [-0.15, -0.1) is 0 Å². The molecule has 35 aromatic rings. The lowest BCUT2D eigenvalue weighted by Gasteiger charge is -2.02. The molecule has 0 fully saturated rings. The predicted octanol–water partition coefficient (Wildman–Crippen LogP) is 33.8. The molecule has 0 spiro atoms. The van der Waals surface area contributed by atoms with Crippen molar-refractivity contribution in [3.63, 3.8) is 0 Å². The number of hydrogen-bond acceptors (Lipinski definition) is 7. The number of benzene rings is 20. The van der Waals surface area contributed by atoms with Gasteiger partial charge >= 0.3 is 0 Å². The highest BCUT2D eigenvalue weighted by molar-refractivity contribution is 6.40. The minimum atomic E-state index is 0.912. The average Bonchev–Trinajstić information content (AvgIpc) is 1.57. The average molecular weight is 1650 g/mol.